The molecule has 9 heteroatoms. The fraction of sp³-hybridized carbons (Fsp3) is 0.316. The normalized spacial score (nSPS) is 13.1. The number of nitrogens with zero attached hydrogens (tertiary/aromatic N) is 3. The minimum atomic E-state index is -0.263. The van der Waals surface area contributed by atoms with Crippen molar-refractivity contribution in [1.29, 1.82) is 0 Å². The molecule has 0 fully saturated rings. The number of nitrogens with one attached hydrogen (secondary N) is 2. The first-order valence-corrected chi connectivity index (χ1v) is 9.33. The summed E-state index contributed by atoms with van der Waals surface area (Å²) in [4.78, 5) is 25.6. The first kappa shape index (κ1) is 20.4. The molecule has 1 aliphatic heterocycles. The van der Waals surface area contributed by atoms with Crippen LogP contribution in [0.2, 0.25) is 5.02 Å². The SMILES string of the molecule is CCn1c2c(c(=O)n3ncc(C(=O)NCc4cccc(Cl)c4)c13)CNCC2.Cl. The molecule has 2 aromatic heterocycles. The maximum Gasteiger partial charge on any atom is 0.279 e. The summed E-state index contributed by atoms with van der Waals surface area (Å²) in [5.41, 5.74) is 3.40. The molecule has 1 aliphatic rings. The van der Waals surface area contributed by atoms with E-state index in [1.807, 2.05) is 29.7 Å². The predicted molar refractivity (Wildman–Crippen MR) is 110 cm³/mol. The molecule has 3 aromatic rings. The van der Waals surface area contributed by atoms with Gasteiger partial charge in [-0.3, -0.25) is 9.59 Å². The third kappa shape index (κ3) is 3.53. The molecule has 0 spiro atoms. The highest BCUT2D eigenvalue weighted by molar-refractivity contribution is 6.30. The Balaban J connectivity index is 0.00000225. The zero-order chi connectivity index (χ0) is 19.0. The molecule has 7 nitrogen and oxygen atoms in total. The second kappa shape index (κ2) is 8.34. The highest BCUT2D eigenvalue weighted by Crippen LogP contribution is 2.18. The number of aryl methyl sites for hydroxylation is 1. The van der Waals surface area contributed by atoms with Crippen LogP contribution in [0.5, 0.6) is 0 Å². The lowest BCUT2D eigenvalue weighted by molar-refractivity contribution is 0.0952. The van der Waals surface area contributed by atoms with E-state index in [4.69, 9.17) is 11.6 Å². The van der Waals surface area contributed by atoms with Crippen LogP contribution in [0.15, 0.2) is 35.3 Å². The minimum Gasteiger partial charge on any atom is -0.348 e. The summed E-state index contributed by atoms with van der Waals surface area (Å²) >= 11 is 5.99. The summed E-state index contributed by atoms with van der Waals surface area (Å²) < 4.78 is 3.36. The molecular weight excluding hydrogens is 401 g/mol. The summed E-state index contributed by atoms with van der Waals surface area (Å²) in [6.45, 7) is 4.36. The predicted octanol–water partition coefficient (Wildman–Crippen LogP) is 2.17. The van der Waals surface area contributed by atoms with Gasteiger partial charge in [0.05, 0.1) is 11.8 Å². The van der Waals surface area contributed by atoms with Crippen molar-refractivity contribution in [2.75, 3.05) is 6.54 Å². The van der Waals surface area contributed by atoms with Crippen molar-refractivity contribution < 1.29 is 4.79 Å². The van der Waals surface area contributed by atoms with Crippen LogP contribution in [0.25, 0.3) is 5.65 Å². The number of halogens is 2. The molecule has 148 valence electrons. The van der Waals surface area contributed by atoms with Gasteiger partial charge in [-0.1, -0.05) is 23.7 Å². The second-order valence-electron chi connectivity index (χ2n) is 6.51. The van der Waals surface area contributed by atoms with Crippen molar-refractivity contribution in [2.45, 2.75) is 33.0 Å². The maximum atomic E-state index is 12.8. The number of fused-ring (bicyclic) bond motifs is 2. The number of rotatable bonds is 4. The van der Waals surface area contributed by atoms with Crippen molar-refractivity contribution in [3.8, 4) is 0 Å². The van der Waals surface area contributed by atoms with Gasteiger partial charge in [0.1, 0.15) is 5.56 Å². The van der Waals surface area contributed by atoms with Crippen molar-refractivity contribution >= 4 is 35.6 Å². The Morgan fingerprint density at radius 2 is 2.21 bits per heavy atom. The fourth-order valence-corrected chi connectivity index (χ4v) is 3.81. The average Bonchev–Trinajstić information content (AvgIpc) is 3.12. The van der Waals surface area contributed by atoms with Crippen LogP contribution in [-0.4, -0.2) is 26.6 Å². The molecule has 4 rings (SSSR count). The third-order valence-electron chi connectivity index (χ3n) is 4.87. The highest BCUT2D eigenvalue weighted by atomic mass is 35.5. The molecule has 1 amide bonds. The molecule has 2 N–H and O–H groups in total. The zero-order valence-electron chi connectivity index (χ0n) is 15.4. The molecule has 0 radical (unpaired) electrons. The number of carbonyl (C=O) groups is 1. The van der Waals surface area contributed by atoms with Gasteiger partial charge in [0.2, 0.25) is 0 Å². The zero-order valence-corrected chi connectivity index (χ0v) is 16.9. The van der Waals surface area contributed by atoms with Gasteiger partial charge >= 0.3 is 0 Å². The summed E-state index contributed by atoms with van der Waals surface area (Å²) in [7, 11) is 0. The molecule has 0 saturated heterocycles. The molecule has 0 atom stereocenters. The summed E-state index contributed by atoms with van der Waals surface area (Å²) in [5.74, 6) is -0.263. The van der Waals surface area contributed by atoms with E-state index >= 15 is 0 Å². The quantitative estimate of drug-likeness (QED) is 0.676. The fourth-order valence-electron chi connectivity index (χ4n) is 3.60. The smallest absolute Gasteiger partial charge is 0.279 e. The van der Waals surface area contributed by atoms with Crippen LogP contribution in [0, 0.1) is 0 Å². The van der Waals surface area contributed by atoms with E-state index in [0.29, 0.717) is 35.9 Å². The molecule has 3 heterocycles. The van der Waals surface area contributed by atoms with Gasteiger partial charge in [-0.15, -0.1) is 12.4 Å². The van der Waals surface area contributed by atoms with Crippen molar-refractivity contribution in [2.24, 2.45) is 0 Å². The summed E-state index contributed by atoms with van der Waals surface area (Å²) in [6, 6.07) is 7.33. The largest absolute Gasteiger partial charge is 0.348 e. The van der Waals surface area contributed by atoms with Crippen molar-refractivity contribution in [3.05, 3.63) is 68.2 Å². The second-order valence-corrected chi connectivity index (χ2v) is 6.94. The van der Waals surface area contributed by atoms with Gasteiger partial charge in [-0.25, -0.2) is 0 Å². The minimum absolute atomic E-state index is 0. The average molecular weight is 422 g/mol. The van der Waals surface area contributed by atoms with Crippen LogP contribution in [0.4, 0.5) is 0 Å². The van der Waals surface area contributed by atoms with Crippen molar-refractivity contribution in [1.82, 2.24) is 24.8 Å². The van der Waals surface area contributed by atoms with Crippen LogP contribution in [0.1, 0.15) is 34.1 Å². The van der Waals surface area contributed by atoms with E-state index in [0.717, 1.165) is 29.8 Å². The molecule has 0 bridgehead atoms. The van der Waals surface area contributed by atoms with Crippen LogP contribution >= 0.6 is 24.0 Å². The monoisotopic (exact) mass is 421 g/mol. The van der Waals surface area contributed by atoms with Gasteiger partial charge in [0.25, 0.3) is 11.5 Å². The molecule has 1 aromatic carbocycles. The number of benzene rings is 1. The van der Waals surface area contributed by atoms with Gasteiger partial charge in [-0.05, 0) is 24.6 Å². The standard InChI is InChI=1S/C19H20ClN5O2.ClH/c1-2-24-16-6-7-21-10-14(16)19(27)25-18(24)15(11-23-25)17(26)22-9-12-4-3-5-13(20)8-12;/h3-5,8,11,21H,2,6-7,9-10H2,1H3,(H,22,26);1H. The van der Waals surface area contributed by atoms with Gasteiger partial charge in [-0.2, -0.15) is 9.61 Å². The van der Waals surface area contributed by atoms with Gasteiger partial charge in [0.15, 0.2) is 5.65 Å². The van der Waals surface area contributed by atoms with Gasteiger partial charge in [0, 0.05) is 43.3 Å². The third-order valence-corrected chi connectivity index (χ3v) is 5.10. The molecule has 0 unspecified atom stereocenters. The van der Waals surface area contributed by atoms with E-state index in [1.54, 1.807) is 6.07 Å². The molecule has 0 saturated carbocycles. The Labute approximate surface area is 173 Å². The Morgan fingerprint density at radius 3 is 2.96 bits per heavy atom. The Bertz CT molecular complexity index is 1090. The Kier molecular flexibility index (Phi) is 6.07. The van der Waals surface area contributed by atoms with Crippen LogP contribution in [0.3, 0.4) is 0 Å². The lowest BCUT2D eigenvalue weighted by atomic mass is 10.1. The van der Waals surface area contributed by atoms with E-state index in [1.165, 1.54) is 10.7 Å². The molecule has 28 heavy (non-hydrogen) atoms. The number of hydrogen-bond acceptors (Lipinski definition) is 4. The molecular formula is C19H21Cl2N5O2. The lowest BCUT2D eigenvalue weighted by Gasteiger charge is -2.22. The number of carbonyl (C=O) groups excluding carboxylic acids is 1. The Morgan fingerprint density at radius 1 is 1.39 bits per heavy atom. The summed E-state index contributed by atoms with van der Waals surface area (Å²) in [5, 5.41) is 10.9. The number of hydrogen-bond donors (Lipinski definition) is 2. The lowest BCUT2D eigenvalue weighted by Crippen LogP contribution is -2.36. The topological polar surface area (TPSA) is 80.4 Å². The van der Waals surface area contributed by atoms with Crippen LogP contribution in [-0.2, 0) is 26.1 Å². The number of aromatic nitrogens is 3. The number of amides is 1. The van der Waals surface area contributed by atoms with Crippen molar-refractivity contribution in [3.63, 3.8) is 0 Å². The maximum absolute atomic E-state index is 12.8. The molecule has 0 aliphatic carbocycles. The Hall–Kier alpha value is -2.35. The van der Waals surface area contributed by atoms with E-state index in [-0.39, 0.29) is 23.9 Å². The van der Waals surface area contributed by atoms with Crippen LogP contribution < -0.4 is 16.2 Å². The highest BCUT2D eigenvalue weighted by Gasteiger charge is 2.24. The van der Waals surface area contributed by atoms with Gasteiger partial charge < -0.3 is 15.2 Å². The first-order valence-electron chi connectivity index (χ1n) is 8.95. The van der Waals surface area contributed by atoms with E-state index < -0.39 is 0 Å². The summed E-state index contributed by atoms with van der Waals surface area (Å²) in [6.07, 6.45) is 2.22. The van der Waals surface area contributed by atoms with E-state index in [9.17, 15) is 9.59 Å². The first-order chi connectivity index (χ1) is 13.1. The van der Waals surface area contributed by atoms with E-state index in [2.05, 4.69) is 15.7 Å².